The molecule has 0 saturated carbocycles. The van der Waals surface area contributed by atoms with Crippen LogP contribution in [0.3, 0.4) is 0 Å². The van der Waals surface area contributed by atoms with Gasteiger partial charge in [-0.25, -0.2) is 0 Å². The molecule has 0 saturated heterocycles. The van der Waals surface area contributed by atoms with Crippen molar-refractivity contribution < 1.29 is 5.11 Å². The van der Waals surface area contributed by atoms with E-state index in [0.717, 1.165) is 10.9 Å². The zero-order valence-electron chi connectivity index (χ0n) is 7.36. The summed E-state index contributed by atoms with van der Waals surface area (Å²) in [4.78, 5) is 0. The van der Waals surface area contributed by atoms with Gasteiger partial charge in [0.1, 0.15) is 0 Å². The molecule has 1 aromatic carbocycles. The first-order valence-electron chi connectivity index (χ1n) is 4.21. The van der Waals surface area contributed by atoms with Gasteiger partial charge in [0, 0.05) is 11.2 Å². The second-order valence-electron chi connectivity index (χ2n) is 2.91. The lowest BCUT2D eigenvalue weighted by atomic mass is 9.98. The van der Waals surface area contributed by atoms with Gasteiger partial charge in [0.25, 0.3) is 0 Å². The summed E-state index contributed by atoms with van der Waals surface area (Å²) in [7, 11) is 0. The number of aliphatic hydroxyl groups excluding tert-OH is 1. The summed E-state index contributed by atoms with van der Waals surface area (Å²) >= 11 is 3.34. The monoisotopic (exact) mass is 240 g/mol. The highest BCUT2D eigenvalue weighted by atomic mass is 79.9. The molecule has 0 radical (unpaired) electrons. The molecule has 0 amide bonds. The third-order valence-electron chi connectivity index (χ3n) is 2.03. The van der Waals surface area contributed by atoms with E-state index < -0.39 is 6.10 Å². The molecule has 0 unspecified atom stereocenters. The fraction of sp³-hybridized carbons (Fsp3) is 0.273. The smallest absolute Gasteiger partial charge is 0.0860 e. The molecule has 0 fully saturated rings. The molecule has 2 heteroatoms. The molecule has 0 aliphatic rings. The molecule has 1 nitrogen and oxygen atoms in total. The van der Waals surface area contributed by atoms with E-state index in [9.17, 15) is 5.11 Å². The van der Waals surface area contributed by atoms with Gasteiger partial charge in [0.15, 0.2) is 0 Å². The first kappa shape index (κ1) is 10.5. The zero-order valence-corrected chi connectivity index (χ0v) is 8.94. The van der Waals surface area contributed by atoms with Crippen LogP contribution in [0.2, 0.25) is 0 Å². The van der Waals surface area contributed by atoms with Crippen LogP contribution >= 0.6 is 15.9 Å². The molecule has 2 atom stereocenters. The molecular weight excluding hydrogens is 228 g/mol. The lowest BCUT2D eigenvalue weighted by Crippen LogP contribution is -2.11. The van der Waals surface area contributed by atoms with E-state index >= 15 is 0 Å². The first-order chi connectivity index (χ1) is 6.29. The van der Waals surface area contributed by atoms with Gasteiger partial charge in [0.05, 0.1) is 6.10 Å². The normalized spacial score (nSPS) is 14.9. The van der Waals surface area contributed by atoms with Crippen molar-refractivity contribution in [2.24, 2.45) is 5.92 Å². The van der Waals surface area contributed by atoms with Crippen molar-refractivity contribution in [2.45, 2.75) is 6.10 Å². The number of rotatable bonds is 4. The van der Waals surface area contributed by atoms with Crippen LogP contribution in [-0.4, -0.2) is 10.4 Å². The van der Waals surface area contributed by atoms with Crippen molar-refractivity contribution in [2.75, 3.05) is 5.33 Å². The number of hydrogen-bond donors (Lipinski definition) is 1. The third-order valence-corrected chi connectivity index (χ3v) is 2.78. The number of aliphatic hydroxyl groups is 1. The van der Waals surface area contributed by atoms with Gasteiger partial charge in [-0.2, -0.15) is 0 Å². The zero-order chi connectivity index (χ0) is 9.68. The van der Waals surface area contributed by atoms with Crippen molar-refractivity contribution in [3.63, 3.8) is 0 Å². The molecular formula is C11H13BrO. The van der Waals surface area contributed by atoms with Crippen molar-refractivity contribution in [1.29, 1.82) is 0 Å². The molecule has 1 N–H and O–H groups in total. The fourth-order valence-electron chi connectivity index (χ4n) is 1.17. The summed E-state index contributed by atoms with van der Waals surface area (Å²) in [5.41, 5.74) is 0.937. The summed E-state index contributed by atoms with van der Waals surface area (Å²) in [6, 6.07) is 9.63. The Bertz CT molecular complexity index is 258. The van der Waals surface area contributed by atoms with Crippen LogP contribution < -0.4 is 0 Å². The number of hydrogen-bond acceptors (Lipinski definition) is 1. The van der Waals surface area contributed by atoms with E-state index in [1.807, 2.05) is 30.3 Å². The first-order valence-corrected chi connectivity index (χ1v) is 5.33. The van der Waals surface area contributed by atoms with Crippen molar-refractivity contribution in [3.8, 4) is 0 Å². The van der Waals surface area contributed by atoms with Gasteiger partial charge in [0.2, 0.25) is 0 Å². The predicted octanol–water partition coefficient (Wildman–Crippen LogP) is 2.92. The molecule has 13 heavy (non-hydrogen) atoms. The molecule has 0 spiro atoms. The molecule has 0 aliphatic heterocycles. The Morgan fingerprint density at radius 3 is 2.46 bits per heavy atom. The minimum atomic E-state index is -0.460. The largest absolute Gasteiger partial charge is 0.388 e. The summed E-state index contributed by atoms with van der Waals surface area (Å²) < 4.78 is 0. The topological polar surface area (TPSA) is 20.2 Å². The Labute approximate surface area is 87.2 Å². The Morgan fingerprint density at radius 2 is 2.00 bits per heavy atom. The lowest BCUT2D eigenvalue weighted by molar-refractivity contribution is 0.142. The van der Waals surface area contributed by atoms with Gasteiger partial charge in [-0.1, -0.05) is 52.3 Å². The maximum Gasteiger partial charge on any atom is 0.0860 e. The SMILES string of the molecule is C=C[C@@H](CBr)[C@@H](O)c1ccccc1. The average Bonchev–Trinajstić information content (AvgIpc) is 2.21. The maximum atomic E-state index is 9.88. The van der Waals surface area contributed by atoms with Gasteiger partial charge in [-0.15, -0.1) is 6.58 Å². The quantitative estimate of drug-likeness (QED) is 0.634. The Kier molecular flexibility index (Phi) is 4.19. The second-order valence-corrected chi connectivity index (χ2v) is 3.56. The van der Waals surface area contributed by atoms with Crippen LogP contribution in [0.5, 0.6) is 0 Å². The van der Waals surface area contributed by atoms with Gasteiger partial charge in [-0.05, 0) is 5.56 Å². The predicted molar refractivity (Wildman–Crippen MR) is 58.9 cm³/mol. The summed E-state index contributed by atoms with van der Waals surface area (Å²) in [5, 5.41) is 10.6. The van der Waals surface area contributed by atoms with Crippen LogP contribution in [0.15, 0.2) is 43.0 Å². The van der Waals surface area contributed by atoms with Gasteiger partial charge >= 0.3 is 0 Å². The Balaban J connectivity index is 2.77. The maximum absolute atomic E-state index is 9.88. The molecule has 0 aromatic heterocycles. The molecule has 70 valence electrons. The van der Waals surface area contributed by atoms with E-state index in [1.165, 1.54) is 0 Å². The number of halogens is 1. The van der Waals surface area contributed by atoms with Crippen molar-refractivity contribution >= 4 is 15.9 Å². The van der Waals surface area contributed by atoms with Crippen LogP contribution in [0.1, 0.15) is 11.7 Å². The molecule has 0 bridgehead atoms. The van der Waals surface area contributed by atoms with E-state index in [2.05, 4.69) is 22.5 Å². The van der Waals surface area contributed by atoms with Crippen LogP contribution in [-0.2, 0) is 0 Å². The summed E-state index contributed by atoms with van der Waals surface area (Å²) in [6.07, 6.45) is 1.31. The van der Waals surface area contributed by atoms with Gasteiger partial charge < -0.3 is 5.11 Å². The summed E-state index contributed by atoms with van der Waals surface area (Å²) in [5.74, 6) is 0.0717. The highest BCUT2D eigenvalue weighted by molar-refractivity contribution is 9.09. The summed E-state index contributed by atoms with van der Waals surface area (Å²) in [6.45, 7) is 3.69. The minimum absolute atomic E-state index is 0.0717. The Hall–Kier alpha value is -0.600. The third kappa shape index (κ3) is 2.68. The number of alkyl halides is 1. The highest BCUT2D eigenvalue weighted by Gasteiger charge is 2.15. The van der Waals surface area contributed by atoms with Crippen molar-refractivity contribution in [1.82, 2.24) is 0 Å². The highest BCUT2D eigenvalue weighted by Crippen LogP contribution is 2.23. The molecule has 1 rings (SSSR count). The Morgan fingerprint density at radius 1 is 1.38 bits per heavy atom. The lowest BCUT2D eigenvalue weighted by Gasteiger charge is -2.17. The van der Waals surface area contributed by atoms with E-state index in [-0.39, 0.29) is 5.92 Å². The van der Waals surface area contributed by atoms with E-state index in [1.54, 1.807) is 6.08 Å². The fourth-order valence-corrected chi connectivity index (χ4v) is 1.79. The molecule has 1 aromatic rings. The van der Waals surface area contributed by atoms with E-state index in [4.69, 9.17) is 0 Å². The van der Waals surface area contributed by atoms with Crippen LogP contribution in [0, 0.1) is 5.92 Å². The molecule has 0 aliphatic carbocycles. The second kappa shape index (κ2) is 5.20. The van der Waals surface area contributed by atoms with Crippen molar-refractivity contribution in [3.05, 3.63) is 48.6 Å². The van der Waals surface area contributed by atoms with E-state index in [0.29, 0.717) is 0 Å². The standard InChI is InChI=1S/C11H13BrO/c1-2-9(8-12)11(13)10-6-4-3-5-7-10/h2-7,9,11,13H,1,8H2/t9-,11+/m0/s1. The van der Waals surface area contributed by atoms with Crippen LogP contribution in [0.4, 0.5) is 0 Å². The van der Waals surface area contributed by atoms with Gasteiger partial charge in [-0.3, -0.25) is 0 Å². The average molecular weight is 241 g/mol. The van der Waals surface area contributed by atoms with Crippen LogP contribution in [0.25, 0.3) is 0 Å². The molecule has 0 heterocycles. The number of benzene rings is 1. The minimum Gasteiger partial charge on any atom is -0.388 e.